The summed E-state index contributed by atoms with van der Waals surface area (Å²) in [5.41, 5.74) is 3.88. The molecule has 2 amide bonds. The highest BCUT2D eigenvalue weighted by atomic mass is 35.5. The maximum absolute atomic E-state index is 13.2. The lowest BCUT2D eigenvalue weighted by Gasteiger charge is -2.28. The lowest BCUT2D eigenvalue weighted by Crippen LogP contribution is -2.35. The first-order chi connectivity index (χ1) is 16.0. The summed E-state index contributed by atoms with van der Waals surface area (Å²) in [6.07, 6.45) is 3.95. The lowest BCUT2D eigenvalue weighted by atomic mass is 10.0. The molecule has 6 nitrogen and oxygen atoms in total. The van der Waals surface area contributed by atoms with Crippen LogP contribution < -0.4 is 14.8 Å². The molecule has 0 atom stereocenters. The molecule has 2 aliphatic heterocycles. The molecule has 0 saturated carbocycles. The number of hydrogen-bond acceptors (Lipinski definition) is 5. The fourth-order valence-electron chi connectivity index (χ4n) is 4.02. The molecule has 1 aromatic heterocycles. The second-order valence-electron chi connectivity index (χ2n) is 7.88. The summed E-state index contributed by atoms with van der Waals surface area (Å²) >= 11 is 7.94. The number of carbonyl (C=O) groups is 2. The smallest absolute Gasteiger partial charge is 0.254 e. The second kappa shape index (κ2) is 8.92. The topological polar surface area (TPSA) is 67.9 Å². The number of carbonyl (C=O) groups excluding carboxylic acids is 2. The molecular formula is C25H21ClN2O4S. The van der Waals surface area contributed by atoms with Gasteiger partial charge in [-0.2, -0.15) is 0 Å². The SMILES string of the molecule is Cc1c(NC(=O)/C=C/c2cc(Cl)c3c(c2)OCO3)cccc1C(=O)N1CCc2sccc2C1. The van der Waals surface area contributed by atoms with Gasteiger partial charge >= 0.3 is 0 Å². The average Bonchev–Trinajstić information content (AvgIpc) is 3.48. The van der Waals surface area contributed by atoms with Crippen molar-refractivity contribution in [3.8, 4) is 11.5 Å². The highest BCUT2D eigenvalue weighted by molar-refractivity contribution is 7.10. The summed E-state index contributed by atoms with van der Waals surface area (Å²) in [4.78, 5) is 29.0. The van der Waals surface area contributed by atoms with Crippen LogP contribution in [0.3, 0.4) is 0 Å². The Morgan fingerprint density at radius 1 is 1.21 bits per heavy atom. The van der Waals surface area contributed by atoms with E-state index in [0.717, 1.165) is 17.5 Å². The van der Waals surface area contributed by atoms with Crippen molar-refractivity contribution in [2.24, 2.45) is 0 Å². The van der Waals surface area contributed by atoms with Gasteiger partial charge in [0.1, 0.15) is 0 Å². The van der Waals surface area contributed by atoms with Gasteiger partial charge in [0.2, 0.25) is 12.7 Å². The van der Waals surface area contributed by atoms with Gasteiger partial charge in [-0.3, -0.25) is 9.59 Å². The van der Waals surface area contributed by atoms with Crippen LogP contribution in [0.4, 0.5) is 5.69 Å². The number of benzene rings is 2. The molecule has 3 aromatic rings. The van der Waals surface area contributed by atoms with Gasteiger partial charge in [0, 0.05) is 35.3 Å². The lowest BCUT2D eigenvalue weighted by molar-refractivity contribution is -0.111. The molecule has 1 N–H and O–H groups in total. The van der Waals surface area contributed by atoms with Crippen LogP contribution in [0.15, 0.2) is 47.9 Å². The van der Waals surface area contributed by atoms with E-state index in [1.165, 1.54) is 16.5 Å². The first kappa shape index (κ1) is 21.6. The second-order valence-corrected chi connectivity index (χ2v) is 9.29. The van der Waals surface area contributed by atoms with Crippen LogP contribution in [0.2, 0.25) is 5.02 Å². The maximum Gasteiger partial charge on any atom is 0.254 e. The minimum Gasteiger partial charge on any atom is -0.454 e. The standard InChI is InChI=1S/C25H21ClN2O4S/c1-15-18(25(30)28-9-7-22-17(13-28)8-10-33-22)3-2-4-20(15)27-23(29)6-5-16-11-19(26)24-21(12-16)31-14-32-24/h2-6,8,10-12H,7,9,13-14H2,1H3,(H,27,29)/b6-5+. The number of ether oxygens (including phenoxy) is 2. The van der Waals surface area contributed by atoms with Crippen molar-refractivity contribution in [1.82, 2.24) is 4.90 Å². The minimum atomic E-state index is -0.308. The van der Waals surface area contributed by atoms with E-state index in [1.54, 1.807) is 47.7 Å². The number of amides is 2. The van der Waals surface area contributed by atoms with E-state index in [9.17, 15) is 9.59 Å². The van der Waals surface area contributed by atoms with E-state index in [4.69, 9.17) is 21.1 Å². The van der Waals surface area contributed by atoms with Gasteiger partial charge in [-0.1, -0.05) is 17.7 Å². The predicted octanol–water partition coefficient (Wildman–Crippen LogP) is 5.29. The Kier molecular flexibility index (Phi) is 5.83. The molecule has 0 fully saturated rings. The fourth-order valence-corrected chi connectivity index (χ4v) is 5.19. The molecule has 2 aliphatic rings. The van der Waals surface area contributed by atoms with Gasteiger partial charge in [0.15, 0.2) is 11.5 Å². The van der Waals surface area contributed by atoms with Crippen LogP contribution in [0.25, 0.3) is 6.08 Å². The molecule has 168 valence electrons. The molecule has 3 heterocycles. The first-order valence-corrected chi connectivity index (χ1v) is 11.8. The van der Waals surface area contributed by atoms with Crippen molar-refractivity contribution < 1.29 is 19.1 Å². The number of thiophene rings is 1. The Morgan fingerprint density at radius 3 is 2.97 bits per heavy atom. The van der Waals surface area contributed by atoms with Gasteiger partial charge in [0.05, 0.1) is 5.02 Å². The van der Waals surface area contributed by atoms with Crippen LogP contribution in [0.5, 0.6) is 11.5 Å². The van der Waals surface area contributed by atoms with Crippen molar-refractivity contribution in [2.75, 3.05) is 18.7 Å². The van der Waals surface area contributed by atoms with E-state index < -0.39 is 0 Å². The molecule has 5 rings (SSSR count). The van der Waals surface area contributed by atoms with Gasteiger partial charge < -0.3 is 19.7 Å². The van der Waals surface area contributed by atoms with E-state index in [2.05, 4.69) is 16.8 Å². The van der Waals surface area contributed by atoms with Crippen LogP contribution in [-0.4, -0.2) is 30.1 Å². The third-order valence-electron chi connectivity index (χ3n) is 5.79. The van der Waals surface area contributed by atoms with Gasteiger partial charge in [-0.15, -0.1) is 11.3 Å². The molecule has 0 bridgehead atoms. The summed E-state index contributed by atoms with van der Waals surface area (Å²) in [6.45, 7) is 3.30. The number of halogens is 1. The molecular weight excluding hydrogens is 460 g/mol. The molecule has 0 unspecified atom stereocenters. The highest BCUT2D eigenvalue weighted by Crippen LogP contribution is 2.40. The first-order valence-electron chi connectivity index (χ1n) is 10.5. The Hall–Kier alpha value is -3.29. The summed E-state index contributed by atoms with van der Waals surface area (Å²) < 4.78 is 10.7. The highest BCUT2D eigenvalue weighted by Gasteiger charge is 2.24. The van der Waals surface area contributed by atoms with E-state index in [1.807, 2.05) is 11.8 Å². The number of fused-ring (bicyclic) bond motifs is 2. The van der Waals surface area contributed by atoms with E-state index >= 15 is 0 Å². The van der Waals surface area contributed by atoms with Crippen molar-refractivity contribution >= 4 is 46.5 Å². The third-order valence-corrected chi connectivity index (χ3v) is 7.10. The normalized spacial score (nSPS) is 14.4. The largest absolute Gasteiger partial charge is 0.454 e. The number of rotatable bonds is 4. The Morgan fingerprint density at radius 2 is 2.09 bits per heavy atom. The van der Waals surface area contributed by atoms with Gasteiger partial charge in [-0.25, -0.2) is 0 Å². The molecule has 8 heteroatoms. The van der Waals surface area contributed by atoms with Crippen LogP contribution in [-0.2, 0) is 17.8 Å². The Bertz CT molecular complexity index is 1280. The number of hydrogen-bond donors (Lipinski definition) is 1. The van der Waals surface area contributed by atoms with Crippen molar-refractivity contribution in [2.45, 2.75) is 19.9 Å². The van der Waals surface area contributed by atoms with Gasteiger partial charge in [-0.05, 0) is 71.8 Å². The predicted molar refractivity (Wildman–Crippen MR) is 129 cm³/mol. The Labute approximate surface area is 200 Å². The zero-order valence-electron chi connectivity index (χ0n) is 17.9. The summed E-state index contributed by atoms with van der Waals surface area (Å²) in [6, 6.07) is 10.9. The molecule has 2 aromatic carbocycles. The number of nitrogens with one attached hydrogen (secondary N) is 1. The zero-order valence-corrected chi connectivity index (χ0v) is 19.5. The number of nitrogens with zero attached hydrogens (tertiary/aromatic N) is 1. The fraction of sp³-hybridized carbons (Fsp3) is 0.200. The summed E-state index contributed by atoms with van der Waals surface area (Å²) in [5.74, 6) is 0.736. The van der Waals surface area contributed by atoms with Gasteiger partial charge in [0.25, 0.3) is 5.91 Å². The quantitative estimate of drug-likeness (QED) is 0.515. The van der Waals surface area contributed by atoms with Crippen LogP contribution >= 0.6 is 22.9 Å². The Balaban J connectivity index is 1.29. The molecule has 0 spiro atoms. The summed E-state index contributed by atoms with van der Waals surface area (Å²) in [5, 5.41) is 5.38. The average molecular weight is 481 g/mol. The van der Waals surface area contributed by atoms with Crippen molar-refractivity contribution in [3.63, 3.8) is 0 Å². The molecule has 0 radical (unpaired) electrons. The van der Waals surface area contributed by atoms with Crippen LogP contribution in [0.1, 0.15) is 31.9 Å². The maximum atomic E-state index is 13.2. The van der Waals surface area contributed by atoms with E-state index in [-0.39, 0.29) is 18.6 Å². The van der Waals surface area contributed by atoms with Crippen molar-refractivity contribution in [1.29, 1.82) is 0 Å². The van der Waals surface area contributed by atoms with Crippen LogP contribution in [0, 0.1) is 6.92 Å². The molecule has 0 saturated heterocycles. The van der Waals surface area contributed by atoms with E-state index in [0.29, 0.717) is 40.9 Å². The zero-order chi connectivity index (χ0) is 22.9. The minimum absolute atomic E-state index is 0.0222. The number of anilines is 1. The molecule has 0 aliphatic carbocycles. The monoisotopic (exact) mass is 480 g/mol. The molecule has 33 heavy (non-hydrogen) atoms. The third kappa shape index (κ3) is 4.34. The van der Waals surface area contributed by atoms with Crippen molar-refractivity contribution in [3.05, 3.63) is 80.0 Å². The summed E-state index contributed by atoms with van der Waals surface area (Å²) in [7, 11) is 0.